The highest BCUT2D eigenvalue weighted by molar-refractivity contribution is 9.10. The Labute approximate surface area is 93.6 Å². The third kappa shape index (κ3) is 3.00. The Kier molecular flexibility index (Phi) is 4.42. The lowest BCUT2D eigenvalue weighted by atomic mass is 10.0. The number of hydrogen-bond acceptors (Lipinski definition) is 2. The molecule has 0 saturated carbocycles. The van der Waals surface area contributed by atoms with Crippen LogP contribution in [0.25, 0.3) is 0 Å². The first-order valence-electron chi connectivity index (χ1n) is 4.70. The molecule has 0 saturated heterocycles. The maximum atomic E-state index is 5.58. The molecule has 0 aliphatic rings. The summed E-state index contributed by atoms with van der Waals surface area (Å²) in [5.41, 5.74) is 6.87. The molecular formula is C11H16BrNO. The topological polar surface area (TPSA) is 35.2 Å². The molecule has 0 bridgehead atoms. The first-order chi connectivity index (χ1) is 6.67. The summed E-state index contributed by atoms with van der Waals surface area (Å²) in [4.78, 5) is 0. The van der Waals surface area contributed by atoms with Gasteiger partial charge in [-0.3, -0.25) is 0 Å². The van der Waals surface area contributed by atoms with Crippen LogP contribution in [0.1, 0.15) is 12.5 Å². The smallest absolute Gasteiger partial charge is 0.133 e. The van der Waals surface area contributed by atoms with E-state index in [0.717, 1.165) is 23.2 Å². The Balaban J connectivity index is 2.76. The lowest BCUT2D eigenvalue weighted by Gasteiger charge is -2.10. The number of nitrogens with two attached hydrogens (primary N) is 1. The van der Waals surface area contributed by atoms with Gasteiger partial charge in [-0.2, -0.15) is 0 Å². The average Bonchev–Trinajstić information content (AvgIpc) is 2.18. The zero-order chi connectivity index (χ0) is 10.6. The summed E-state index contributed by atoms with van der Waals surface area (Å²) in [6, 6.07) is 6.14. The molecule has 0 aromatic heterocycles. The standard InChI is InChI=1S/C11H16BrNO/c1-8(7-13)5-9-3-4-11(14-2)10(12)6-9/h3-4,6,8H,5,7,13H2,1-2H3. The predicted molar refractivity (Wildman–Crippen MR) is 62.6 cm³/mol. The maximum absolute atomic E-state index is 5.58. The zero-order valence-corrected chi connectivity index (χ0v) is 10.2. The Morgan fingerprint density at radius 1 is 1.50 bits per heavy atom. The van der Waals surface area contributed by atoms with Crippen LogP contribution in [-0.2, 0) is 6.42 Å². The van der Waals surface area contributed by atoms with Crippen LogP contribution >= 0.6 is 15.9 Å². The fourth-order valence-corrected chi connectivity index (χ4v) is 1.91. The SMILES string of the molecule is COc1ccc(CC(C)CN)cc1Br. The summed E-state index contributed by atoms with van der Waals surface area (Å²) < 4.78 is 6.16. The van der Waals surface area contributed by atoms with Gasteiger partial charge in [-0.05, 0) is 52.5 Å². The summed E-state index contributed by atoms with van der Waals surface area (Å²) in [7, 11) is 1.67. The van der Waals surface area contributed by atoms with E-state index in [2.05, 4.69) is 35.0 Å². The van der Waals surface area contributed by atoms with Gasteiger partial charge in [0.1, 0.15) is 5.75 Å². The van der Waals surface area contributed by atoms with Crippen molar-refractivity contribution in [2.75, 3.05) is 13.7 Å². The molecule has 1 unspecified atom stereocenters. The lowest BCUT2D eigenvalue weighted by Crippen LogP contribution is -2.13. The van der Waals surface area contributed by atoms with E-state index in [1.807, 2.05) is 6.07 Å². The minimum atomic E-state index is 0.523. The van der Waals surface area contributed by atoms with Gasteiger partial charge in [0.05, 0.1) is 11.6 Å². The van der Waals surface area contributed by atoms with Crippen molar-refractivity contribution in [1.29, 1.82) is 0 Å². The molecular weight excluding hydrogens is 242 g/mol. The molecule has 0 amide bonds. The van der Waals surface area contributed by atoms with Gasteiger partial charge in [0, 0.05) is 0 Å². The summed E-state index contributed by atoms with van der Waals surface area (Å²) >= 11 is 3.46. The van der Waals surface area contributed by atoms with Crippen LogP contribution in [0.15, 0.2) is 22.7 Å². The third-order valence-corrected chi connectivity index (χ3v) is 2.82. The second-order valence-corrected chi connectivity index (χ2v) is 4.37. The van der Waals surface area contributed by atoms with Crippen LogP contribution in [0.4, 0.5) is 0 Å². The molecule has 2 nitrogen and oxygen atoms in total. The second-order valence-electron chi connectivity index (χ2n) is 3.51. The minimum absolute atomic E-state index is 0.523. The Morgan fingerprint density at radius 2 is 2.21 bits per heavy atom. The van der Waals surface area contributed by atoms with Crippen molar-refractivity contribution < 1.29 is 4.74 Å². The molecule has 78 valence electrons. The van der Waals surface area contributed by atoms with Gasteiger partial charge < -0.3 is 10.5 Å². The van der Waals surface area contributed by atoms with Crippen molar-refractivity contribution in [3.63, 3.8) is 0 Å². The van der Waals surface area contributed by atoms with Crippen molar-refractivity contribution in [3.05, 3.63) is 28.2 Å². The van der Waals surface area contributed by atoms with Gasteiger partial charge in [-0.1, -0.05) is 13.0 Å². The van der Waals surface area contributed by atoms with E-state index in [9.17, 15) is 0 Å². The molecule has 14 heavy (non-hydrogen) atoms. The lowest BCUT2D eigenvalue weighted by molar-refractivity contribution is 0.412. The van der Waals surface area contributed by atoms with E-state index in [0.29, 0.717) is 5.92 Å². The van der Waals surface area contributed by atoms with Gasteiger partial charge >= 0.3 is 0 Å². The van der Waals surface area contributed by atoms with E-state index < -0.39 is 0 Å². The van der Waals surface area contributed by atoms with Crippen molar-refractivity contribution in [2.24, 2.45) is 11.7 Å². The number of benzene rings is 1. The van der Waals surface area contributed by atoms with E-state index in [4.69, 9.17) is 10.5 Å². The maximum Gasteiger partial charge on any atom is 0.133 e. The van der Waals surface area contributed by atoms with Crippen LogP contribution in [0.2, 0.25) is 0 Å². The highest BCUT2D eigenvalue weighted by Gasteiger charge is 2.04. The summed E-state index contributed by atoms with van der Waals surface area (Å²) in [5.74, 6) is 1.39. The molecule has 1 aromatic rings. The fourth-order valence-electron chi connectivity index (χ4n) is 1.32. The van der Waals surface area contributed by atoms with Crippen LogP contribution in [0.3, 0.4) is 0 Å². The van der Waals surface area contributed by atoms with Crippen LogP contribution < -0.4 is 10.5 Å². The first kappa shape index (κ1) is 11.5. The predicted octanol–water partition coefficient (Wildman–Crippen LogP) is 2.59. The number of methoxy groups -OCH3 is 1. The monoisotopic (exact) mass is 257 g/mol. The third-order valence-electron chi connectivity index (χ3n) is 2.20. The average molecular weight is 258 g/mol. The van der Waals surface area contributed by atoms with Gasteiger partial charge in [0.25, 0.3) is 0 Å². The van der Waals surface area contributed by atoms with Gasteiger partial charge in [0.15, 0.2) is 0 Å². The second kappa shape index (κ2) is 5.37. The van der Waals surface area contributed by atoms with Gasteiger partial charge in [-0.25, -0.2) is 0 Å². The Hall–Kier alpha value is -0.540. The van der Waals surface area contributed by atoms with Gasteiger partial charge in [-0.15, -0.1) is 0 Å². The summed E-state index contributed by atoms with van der Waals surface area (Å²) in [6.07, 6.45) is 1.01. The first-order valence-corrected chi connectivity index (χ1v) is 5.49. The quantitative estimate of drug-likeness (QED) is 0.900. The summed E-state index contributed by atoms with van der Waals surface area (Å²) in [6.45, 7) is 2.88. The van der Waals surface area contributed by atoms with E-state index in [-0.39, 0.29) is 0 Å². The van der Waals surface area contributed by atoms with Gasteiger partial charge in [0.2, 0.25) is 0 Å². The summed E-state index contributed by atoms with van der Waals surface area (Å²) in [5, 5.41) is 0. The van der Waals surface area contributed by atoms with Crippen LogP contribution in [-0.4, -0.2) is 13.7 Å². The molecule has 1 rings (SSSR count). The normalized spacial score (nSPS) is 12.6. The van der Waals surface area contributed by atoms with E-state index in [1.54, 1.807) is 7.11 Å². The molecule has 0 fully saturated rings. The zero-order valence-electron chi connectivity index (χ0n) is 8.59. The number of ether oxygens (including phenoxy) is 1. The Bertz CT molecular complexity index is 301. The Morgan fingerprint density at radius 3 is 2.71 bits per heavy atom. The highest BCUT2D eigenvalue weighted by Crippen LogP contribution is 2.26. The fraction of sp³-hybridized carbons (Fsp3) is 0.455. The van der Waals surface area contributed by atoms with Crippen molar-refractivity contribution in [1.82, 2.24) is 0 Å². The van der Waals surface area contributed by atoms with E-state index >= 15 is 0 Å². The molecule has 0 aliphatic carbocycles. The molecule has 1 atom stereocenters. The molecule has 0 heterocycles. The van der Waals surface area contributed by atoms with Crippen molar-refractivity contribution in [2.45, 2.75) is 13.3 Å². The van der Waals surface area contributed by atoms with Crippen molar-refractivity contribution >= 4 is 15.9 Å². The molecule has 1 aromatic carbocycles. The van der Waals surface area contributed by atoms with Crippen LogP contribution in [0, 0.1) is 5.92 Å². The molecule has 2 N–H and O–H groups in total. The highest BCUT2D eigenvalue weighted by atomic mass is 79.9. The molecule has 0 spiro atoms. The molecule has 0 aliphatic heterocycles. The minimum Gasteiger partial charge on any atom is -0.496 e. The number of halogens is 1. The molecule has 0 radical (unpaired) electrons. The largest absolute Gasteiger partial charge is 0.496 e. The van der Waals surface area contributed by atoms with Crippen LogP contribution in [0.5, 0.6) is 5.75 Å². The van der Waals surface area contributed by atoms with E-state index in [1.165, 1.54) is 5.56 Å². The molecule has 3 heteroatoms. The number of rotatable bonds is 4. The number of hydrogen-bond donors (Lipinski definition) is 1. The van der Waals surface area contributed by atoms with Crippen molar-refractivity contribution in [3.8, 4) is 5.75 Å².